The van der Waals surface area contributed by atoms with Crippen LogP contribution in [0.15, 0.2) is 30.6 Å². The predicted octanol–water partition coefficient (Wildman–Crippen LogP) is 2.83. The topological polar surface area (TPSA) is 48.3 Å². The van der Waals surface area contributed by atoms with Gasteiger partial charge in [0.1, 0.15) is 17.3 Å². The second-order valence-corrected chi connectivity index (χ2v) is 4.33. The fourth-order valence-electron chi connectivity index (χ4n) is 1.93. The molecule has 2 aromatic rings. The van der Waals surface area contributed by atoms with E-state index in [1.54, 1.807) is 6.20 Å². The number of imidazole rings is 1. The molecule has 0 radical (unpaired) electrons. The van der Waals surface area contributed by atoms with Crippen molar-refractivity contribution >= 4 is 5.69 Å². The van der Waals surface area contributed by atoms with E-state index in [0.29, 0.717) is 19.8 Å². The van der Waals surface area contributed by atoms with Crippen molar-refractivity contribution < 1.29 is 9.47 Å². The summed E-state index contributed by atoms with van der Waals surface area (Å²) >= 11 is 0. The fourth-order valence-corrected chi connectivity index (χ4v) is 1.93. The minimum absolute atomic E-state index is 0.630. The zero-order valence-corrected chi connectivity index (χ0v) is 12.2. The molecule has 1 aromatic carbocycles. The first-order chi connectivity index (χ1) is 9.74. The molecule has 20 heavy (non-hydrogen) atoms. The van der Waals surface area contributed by atoms with Crippen molar-refractivity contribution in [1.29, 1.82) is 0 Å². The van der Waals surface area contributed by atoms with Crippen molar-refractivity contribution in [3.8, 4) is 11.5 Å². The Bertz CT molecular complexity index is 552. The van der Waals surface area contributed by atoms with E-state index >= 15 is 0 Å². The summed E-state index contributed by atoms with van der Waals surface area (Å²) in [4.78, 5) is 4.29. The van der Waals surface area contributed by atoms with Crippen molar-refractivity contribution in [3.63, 3.8) is 0 Å². The molecule has 1 N–H and O–H groups in total. The summed E-state index contributed by atoms with van der Waals surface area (Å²) in [7, 11) is 1.98. The second-order valence-electron chi connectivity index (χ2n) is 4.33. The Hall–Kier alpha value is -2.17. The highest BCUT2D eigenvalue weighted by atomic mass is 16.5. The van der Waals surface area contributed by atoms with E-state index < -0.39 is 0 Å². The van der Waals surface area contributed by atoms with Crippen LogP contribution in [0.1, 0.15) is 19.7 Å². The van der Waals surface area contributed by atoms with Crippen LogP contribution in [-0.2, 0) is 13.6 Å². The molecule has 5 heteroatoms. The Morgan fingerprint density at radius 1 is 1.20 bits per heavy atom. The molecule has 0 atom stereocenters. The first-order valence-electron chi connectivity index (χ1n) is 6.84. The minimum Gasteiger partial charge on any atom is -0.494 e. The maximum atomic E-state index is 5.63. The number of hydrogen-bond donors (Lipinski definition) is 1. The van der Waals surface area contributed by atoms with Gasteiger partial charge in [-0.25, -0.2) is 4.98 Å². The monoisotopic (exact) mass is 275 g/mol. The lowest BCUT2D eigenvalue weighted by molar-refractivity contribution is 0.332. The van der Waals surface area contributed by atoms with Gasteiger partial charge in [-0.2, -0.15) is 0 Å². The molecule has 108 valence electrons. The third-order valence-electron chi connectivity index (χ3n) is 2.92. The second kappa shape index (κ2) is 6.84. The molecule has 5 nitrogen and oxygen atoms in total. The number of aryl methyl sites for hydroxylation is 1. The molecule has 0 aliphatic carbocycles. The maximum absolute atomic E-state index is 5.63. The van der Waals surface area contributed by atoms with E-state index in [1.165, 1.54) is 0 Å². The van der Waals surface area contributed by atoms with Crippen LogP contribution in [-0.4, -0.2) is 22.8 Å². The van der Waals surface area contributed by atoms with Crippen LogP contribution in [0.4, 0.5) is 5.69 Å². The molecular formula is C15H21N3O2. The molecule has 0 fully saturated rings. The maximum Gasteiger partial charge on any atom is 0.142 e. The zero-order chi connectivity index (χ0) is 14.4. The van der Waals surface area contributed by atoms with Crippen LogP contribution in [0.25, 0.3) is 0 Å². The highest BCUT2D eigenvalue weighted by molar-refractivity contribution is 5.59. The van der Waals surface area contributed by atoms with Crippen molar-refractivity contribution in [2.24, 2.45) is 7.05 Å². The highest BCUT2D eigenvalue weighted by Crippen LogP contribution is 2.29. The van der Waals surface area contributed by atoms with E-state index in [9.17, 15) is 0 Å². The number of hydrogen-bond acceptors (Lipinski definition) is 4. The Morgan fingerprint density at radius 3 is 2.65 bits per heavy atom. The van der Waals surface area contributed by atoms with Gasteiger partial charge in [0.2, 0.25) is 0 Å². The Kier molecular flexibility index (Phi) is 4.87. The van der Waals surface area contributed by atoms with Crippen molar-refractivity contribution in [1.82, 2.24) is 9.55 Å². The van der Waals surface area contributed by atoms with Gasteiger partial charge in [-0.3, -0.25) is 0 Å². The van der Waals surface area contributed by atoms with E-state index in [4.69, 9.17) is 9.47 Å². The first kappa shape index (κ1) is 14.2. The quantitative estimate of drug-likeness (QED) is 0.844. The van der Waals surface area contributed by atoms with Crippen molar-refractivity contribution in [3.05, 3.63) is 36.4 Å². The van der Waals surface area contributed by atoms with E-state index in [1.807, 2.05) is 49.9 Å². The number of nitrogens with zero attached hydrogens (tertiary/aromatic N) is 2. The van der Waals surface area contributed by atoms with E-state index in [-0.39, 0.29) is 0 Å². The summed E-state index contributed by atoms with van der Waals surface area (Å²) in [5.74, 6) is 2.62. The number of anilines is 1. The molecule has 0 unspecified atom stereocenters. The van der Waals surface area contributed by atoms with Crippen LogP contribution in [0.5, 0.6) is 11.5 Å². The molecule has 1 heterocycles. The molecule has 0 aliphatic rings. The van der Waals surface area contributed by atoms with Gasteiger partial charge in [0.05, 0.1) is 25.4 Å². The molecule has 0 amide bonds. The third kappa shape index (κ3) is 3.44. The largest absolute Gasteiger partial charge is 0.494 e. The fraction of sp³-hybridized carbons (Fsp3) is 0.400. The lowest BCUT2D eigenvalue weighted by Gasteiger charge is -2.14. The average molecular weight is 275 g/mol. The normalized spacial score (nSPS) is 10.3. The van der Waals surface area contributed by atoms with Crippen molar-refractivity contribution in [2.75, 3.05) is 18.5 Å². The van der Waals surface area contributed by atoms with Crippen LogP contribution < -0.4 is 14.8 Å². The Balaban J connectivity index is 2.14. The van der Waals surface area contributed by atoms with Gasteiger partial charge in [-0.05, 0) is 26.0 Å². The Labute approximate surface area is 119 Å². The molecule has 2 rings (SSSR count). The number of nitrogens with one attached hydrogen (secondary N) is 1. The van der Waals surface area contributed by atoms with Crippen LogP contribution in [0.2, 0.25) is 0 Å². The van der Waals surface area contributed by atoms with E-state index in [0.717, 1.165) is 23.0 Å². The summed E-state index contributed by atoms with van der Waals surface area (Å²) in [6.07, 6.45) is 3.72. The number of ether oxygens (including phenoxy) is 2. The summed E-state index contributed by atoms with van der Waals surface area (Å²) in [6, 6.07) is 5.80. The van der Waals surface area contributed by atoms with Crippen molar-refractivity contribution in [2.45, 2.75) is 20.4 Å². The van der Waals surface area contributed by atoms with Crippen LogP contribution >= 0.6 is 0 Å². The number of benzene rings is 1. The lowest BCUT2D eigenvalue weighted by Crippen LogP contribution is -2.07. The van der Waals surface area contributed by atoms with Gasteiger partial charge < -0.3 is 19.4 Å². The Morgan fingerprint density at radius 2 is 2.00 bits per heavy atom. The molecule has 0 saturated carbocycles. The van der Waals surface area contributed by atoms with Gasteiger partial charge in [-0.15, -0.1) is 0 Å². The third-order valence-corrected chi connectivity index (χ3v) is 2.92. The predicted molar refractivity (Wildman–Crippen MR) is 79.3 cm³/mol. The molecule has 0 saturated heterocycles. The first-order valence-corrected chi connectivity index (χ1v) is 6.84. The van der Waals surface area contributed by atoms with Crippen LogP contribution in [0.3, 0.4) is 0 Å². The molecule has 0 aliphatic heterocycles. The van der Waals surface area contributed by atoms with Gasteiger partial charge >= 0.3 is 0 Å². The molecule has 0 spiro atoms. The summed E-state index contributed by atoms with van der Waals surface area (Å²) in [6.45, 7) is 5.85. The highest BCUT2D eigenvalue weighted by Gasteiger charge is 2.07. The minimum atomic E-state index is 0.630. The smallest absolute Gasteiger partial charge is 0.142 e. The van der Waals surface area contributed by atoms with Gasteiger partial charge in [0.15, 0.2) is 0 Å². The lowest BCUT2D eigenvalue weighted by atomic mass is 10.2. The SMILES string of the molecule is CCOc1ccc(OCC)c(NCc2nccn2C)c1. The summed E-state index contributed by atoms with van der Waals surface area (Å²) in [5, 5.41) is 3.35. The molecular weight excluding hydrogens is 254 g/mol. The van der Waals surface area contributed by atoms with Gasteiger partial charge in [0.25, 0.3) is 0 Å². The molecule has 1 aromatic heterocycles. The van der Waals surface area contributed by atoms with Gasteiger partial charge in [0, 0.05) is 25.5 Å². The van der Waals surface area contributed by atoms with Gasteiger partial charge in [-0.1, -0.05) is 0 Å². The average Bonchev–Trinajstić information content (AvgIpc) is 2.85. The summed E-state index contributed by atoms with van der Waals surface area (Å²) in [5.41, 5.74) is 0.917. The number of aromatic nitrogens is 2. The zero-order valence-electron chi connectivity index (χ0n) is 12.2. The van der Waals surface area contributed by atoms with E-state index in [2.05, 4.69) is 10.3 Å². The van der Waals surface area contributed by atoms with Crippen LogP contribution in [0, 0.1) is 0 Å². The molecule has 0 bridgehead atoms. The standard InChI is InChI=1S/C15H21N3O2/c1-4-19-12-6-7-14(20-5-2)13(10-12)17-11-15-16-8-9-18(15)3/h6-10,17H,4-5,11H2,1-3H3. The number of rotatable bonds is 7. The summed E-state index contributed by atoms with van der Waals surface area (Å²) < 4.78 is 13.1.